The summed E-state index contributed by atoms with van der Waals surface area (Å²) in [5.74, 6) is -0.286. The Bertz CT molecular complexity index is 1190. The number of carbonyl (C=O) groups excluding carboxylic acids is 1. The van der Waals surface area contributed by atoms with Gasteiger partial charge in [0.15, 0.2) is 0 Å². The lowest BCUT2D eigenvalue weighted by molar-refractivity contribution is -0.117. The van der Waals surface area contributed by atoms with Gasteiger partial charge in [-0.2, -0.15) is 0 Å². The summed E-state index contributed by atoms with van der Waals surface area (Å²) < 4.78 is 0. The maximum atomic E-state index is 10.4. The van der Waals surface area contributed by atoms with Crippen molar-refractivity contribution in [3.63, 3.8) is 0 Å². The third-order valence-electron chi connectivity index (χ3n) is 5.68. The number of rotatable bonds is 9. The minimum Gasteiger partial charge on any atom is -0.381 e. The Balaban J connectivity index is 0.000000271. The summed E-state index contributed by atoms with van der Waals surface area (Å²) in [6, 6.07) is 35.0. The molecule has 4 heteroatoms. The van der Waals surface area contributed by atoms with Gasteiger partial charge in [-0.1, -0.05) is 104 Å². The molecule has 0 saturated heterocycles. The van der Waals surface area contributed by atoms with Crippen LogP contribution in [0.15, 0.2) is 116 Å². The first kappa shape index (κ1) is 24.7. The van der Waals surface area contributed by atoms with Gasteiger partial charge in [-0.25, -0.2) is 0 Å². The Morgan fingerprint density at radius 2 is 1.44 bits per heavy atom. The number of nitrogens with one attached hydrogen (secondary N) is 2. The maximum Gasteiger partial charge on any atom is 0.221 e. The Morgan fingerprint density at radius 1 is 0.853 bits per heavy atom. The second-order valence-corrected chi connectivity index (χ2v) is 8.46. The summed E-state index contributed by atoms with van der Waals surface area (Å²) in [6.07, 6.45) is 2.11. The van der Waals surface area contributed by atoms with E-state index >= 15 is 0 Å². The van der Waals surface area contributed by atoms with Gasteiger partial charge in [-0.05, 0) is 46.7 Å². The van der Waals surface area contributed by atoms with Crippen LogP contribution in [0.4, 0.5) is 0 Å². The number of amides is 1. The molecule has 4 N–H and O–H groups in total. The highest BCUT2D eigenvalue weighted by Crippen LogP contribution is 2.25. The Morgan fingerprint density at radius 3 is 2.06 bits per heavy atom. The number of hydrogen-bond donors (Lipinski definition) is 3. The fraction of sp³-hybridized carbons (Fsp3) is 0.167. The summed E-state index contributed by atoms with van der Waals surface area (Å²) in [4.78, 5) is 10.4. The van der Waals surface area contributed by atoms with Gasteiger partial charge in [0.2, 0.25) is 5.91 Å². The monoisotopic (exact) mass is 451 g/mol. The molecular formula is C30H33N3O. The molecule has 174 valence electrons. The highest BCUT2D eigenvalue weighted by molar-refractivity contribution is 5.83. The van der Waals surface area contributed by atoms with E-state index in [1.54, 1.807) is 6.20 Å². The Labute approximate surface area is 202 Å². The van der Waals surface area contributed by atoms with E-state index in [-0.39, 0.29) is 11.4 Å². The lowest BCUT2D eigenvalue weighted by Gasteiger charge is -2.31. The quantitative estimate of drug-likeness (QED) is 0.324. The molecule has 1 unspecified atom stereocenters. The van der Waals surface area contributed by atoms with Crippen molar-refractivity contribution in [2.24, 2.45) is 5.73 Å². The highest BCUT2D eigenvalue weighted by atomic mass is 16.1. The van der Waals surface area contributed by atoms with Gasteiger partial charge in [-0.15, -0.1) is 0 Å². The number of fused-ring (bicyclic) bond motifs is 1. The third-order valence-corrected chi connectivity index (χ3v) is 5.68. The molecule has 0 aromatic heterocycles. The van der Waals surface area contributed by atoms with E-state index in [1.165, 1.54) is 21.9 Å². The molecule has 0 aliphatic carbocycles. The molecule has 4 nitrogen and oxygen atoms in total. The molecule has 4 aromatic carbocycles. The van der Waals surface area contributed by atoms with Crippen LogP contribution in [0.2, 0.25) is 0 Å². The van der Waals surface area contributed by atoms with Crippen LogP contribution in [0.3, 0.4) is 0 Å². The van der Waals surface area contributed by atoms with Crippen molar-refractivity contribution >= 4 is 16.7 Å². The SMILES string of the molecule is C=CNC(C)(CNCc1ccccc1)c1ccc2ccccc2c1.NC(=O)Cc1ccccc1. The predicted octanol–water partition coefficient (Wildman–Crippen LogP) is 5.29. The zero-order valence-corrected chi connectivity index (χ0v) is 19.7. The van der Waals surface area contributed by atoms with E-state index in [9.17, 15) is 4.79 Å². The van der Waals surface area contributed by atoms with Crippen LogP contribution in [0.1, 0.15) is 23.6 Å². The van der Waals surface area contributed by atoms with Gasteiger partial charge in [0.25, 0.3) is 0 Å². The van der Waals surface area contributed by atoms with E-state index in [0.717, 1.165) is 18.7 Å². The second kappa shape index (κ2) is 12.4. The first-order valence-corrected chi connectivity index (χ1v) is 11.4. The molecular weight excluding hydrogens is 418 g/mol. The first-order valence-electron chi connectivity index (χ1n) is 11.4. The van der Waals surface area contributed by atoms with Crippen LogP contribution in [-0.2, 0) is 23.3 Å². The first-order chi connectivity index (χ1) is 16.5. The Kier molecular flexibility index (Phi) is 9.01. The highest BCUT2D eigenvalue weighted by Gasteiger charge is 2.24. The molecule has 0 saturated carbocycles. The standard InChI is InChI=1S/C22H24N2.C8H9NO/c1-3-24-22(2,17-23-16-18-9-5-4-6-10-18)21-14-13-19-11-7-8-12-20(19)15-21;9-8(10)6-7-4-2-1-3-5-7/h3-15,23-24H,1,16-17H2,2H3;1-5H,6H2,(H2,9,10). The van der Waals surface area contributed by atoms with Gasteiger partial charge >= 0.3 is 0 Å². The lowest BCUT2D eigenvalue weighted by atomic mass is 9.90. The van der Waals surface area contributed by atoms with Crippen molar-refractivity contribution in [2.75, 3.05) is 6.54 Å². The number of carbonyl (C=O) groups is 1. The van der Waals surface area contributed by atoms with E-state index < -0.39 is 0 Å². The molecule has 4 aromatic rings. The van der Waals surface area contributed by atoms with Crippen LogP contribution < -0.4 is 16.4 Å². The normalized spacial score (nSPS) is 12.1. The van der Waals surface area contributed by atoms with Crippen molar-refractivity contribution in [3.8, 4) is 0 Å². The summed E-state index contributed by atoms with van der Waals surface area (Å²) in [6.45, 7) is 7.73. The number of benzene rings is 4. The average molecular weight is 452 g/mol. The molecule has 1 amide bonds. The zero-order valence-electron chi connectivity index (χ0n) is 19.7. The molecule has 0 heterocycles. The van der Waals surface area contributed by atoms with Crippen molar-refractivity contribution in [1.29, 1.82) is 0 Å². The minimum atomic E-state index is -0.286. The molecule has 0 aliphatic rings. The van der Waals surface area contributed by atoms with Crippen molar-refractivity contribution < 1.29 is 4.79 Å². The molecule has 0 bridgehead atoms. The summed E-state index contributed by atoms with van der Waals surface area (Å²) in [5, 5.41) is 9.51. The Hall–Kier alpha value is -3.89. The zero-order chi connectivity index (χ0) is 24.2. The van der Waals surface area contributed by atoms with Crippen LogP contribution in [0.5, 0.6) is 0 Å². The van der Waals surface area contributed by atoms with E-state index in [4.69, 9.17) is 5.73 Å². The minimum absolute atomic E-state index is 0.208. The van der Waals surface area contributed by atoms with Gasteiger partial charge in [0.05, 0.1) is 12.0 Å². The van der Waals surface area contributed by atoms with Crippen LogP contribution in [0, 0.1) is 0 Å². The molecule has 1 atom stereocenters. The number of primary amides is 1. The van der Waals surface area contributed by atoms with E-state index in [2.05, 4.69) is 90.9 Å². The van der Waals surface area contributed by atoms with Gasteiger partial charge in [0.1, 0.15) is 0 Å². The summed E-state index contributed by atoms with van der Waals surface area (Å²) in [7, 11) is 0. The molecule has 0 spiro atoms. The van der Waals surface area contributed by atoms with E-state index in [1.807, 2.05) is 36.4 Å². The van der Waals surface area contributed by atoms with Gasteiger partial charge in [0, 0.05) is 13.1 Å². The van der Waals surface area contributed by atoms with Crippen LogP contribution in [-0.4, -0.2) is 12.5 Å². The summed E-state index contributed by atoms with van der Waals surface area (Å²) >= 11 is 0. The largest absolute Gasteiger partial charge is 0.381 e. The maximum absolute atomic E-state index is 10.4. The second-order valence-electron chi connectivity index (χ2n) is 8.46. The van der Waals surface area contributed by atoms with Gasteiger partial charge in [-0.3, -0.25) is 4.79 Å². The molecule has 0 fully saturated rings. The van der Waals surface area contributed by atoms with Crippen molar-refractivity contribution in [2.45, 2.75) is 25.4 Å². The van der Waals surface area contributed by atoms with Crippen molar-refractivity contribution in [1.82, 2.24) is 10.6 Å². The topological polar surface area (TPSA) is 67.2 Å². The fourth-order valence-corrected chi connectivity index (χ4v) is 3.84. The molecule has 0 aliphatic heterocycles. The lowest BCUT2D eigenvalue weighted by Crippen LogP contribution is -2.45. The van der Waals surface area contributed by atoms with Crippen LogP contribution in [0.25, 0.3) is 10.8 Å². The number of hydrogen-bond acceptors (Lipinski definition) is 3. The molecule has 4 rings (SSSR count). The predicted molar refractivity (Wildman–Crippen MR) is 142 cm³/mol. The van der Waals surface area contributed by atoms with Gasteiger partial charge < -0.3 is 16.4 Å². The molecule has 34 heavy (non-hydrogen) atoms. The fourth-order valence-electron chi connectivity index (χ4n) is 3.84. The molecule has 0 radical (unpaired) electrons. The smallest absolute Gasteiger partial charge is 0.221 e. The van der Waals surface area contributed by atoms with E-state index in [0.29, 0.717) is 6.42 Å². The summed E-state index contributed by atoms with van der Waals surface area (Å²) in [5.41, 5.74) is 8.29. The van der Waals surface area contributed by atoms with Crippen LogP contribution >= 0.6 is 0 Å². The third kappa shape index (κ3) is 7.32. The average Bonchev–Trinajstić information content (AvgIpc) is 2.85. The van der Waals surface area contributed by atoms with Crippen molar-refractivity contribution in [3.05, 3.63) is 133 Å². The number of nitrogens with two attached hydrogens (primary N) is 1.